The maximum absolute atomic E-state index is 12.7. The van der Waals surface area contributed by atoms with Crippen molar-refractivity contribution in [2.24, 2.45) is 0 Å². The van der Waals surface area contributed by atoms with Gasteiger partial charge in [0.1, 0.15) is 5.52 Å². The summed E-state index contributed by atoms with van der Waals surface area (Å²) in [6.45, 7) is 2.01. The molecule has 0 unspecified atom stereocenters. The molecule has 1 amide bonds. The van der Waals surface area contributed by atoms with E-state index in [-0.39, 0.29) is 5.91 Å². The van der Waals surface area contributed by atoms with Crippen LogP contribution < -0.4 is 10.2 Å². The van der Waals surface area contributed by atoms with Crippen LogP contribution in [0.1, 0.15) is 15.9 Å². The number of aryl methyl sites for hydroxylation is 1. The maximum atomic E-state index is 12.7. The lowest BCUT2D eigenvalue weighted by Gasteiger charge is -2.14. The molecule has 0 aliphatic rings. The third-order valence-corrected chi connectivity index (χ3v) is 4.67. The number of carbonyl (C=O) groups excluding carboxylic acids is 1. The molecule has 4 rings (SSSR count). The summed E-state index contributed by atoms with van der Waals surface area (Å²) < 4.78 is 1.80. The first-order valence-corrected chi connectivity index (χ1v) is 9.03. The van der Waals surface area contributed by atoms with Crippen molar-refractivity contribution in [3.63, 3.8) is 0 Å². The van der Waals surface area contributed by atoms with Gasteiger partial charge in [0.15, 0.2) is 0 Å². The van der Waals surface area contributed by atoms with Gasteiger partial charge in [0.25, 0.3) is 5.91 Å². The SMILES string of the molecule is Cc1ccc(NC(=O)c2cccc(N(C)C)c2)cc1-n1nnc2ccccc21. The van der Waals surface area contributed by atoms with Gasteiger partial charge in [-0.1, -0.05) is 29.5 Å². The van der Waals surface area contributed by atoms with Crippen LogP contribution in [-0.4, -0.2) is 35.0 Å². The van der Waals surface area contributed by atoms with Crippen LogP contribution in [0, 0.1) is 6.92 Å². The minimum absolute atomic E-state index is 0.151. The first kappa shape index (κ1) is 17.7. The Hall–Kier alpha value is -3.67. The van der Waals surface area contributed by atoms with E-state index in [1.807, 2.05) is 92.6 Å². The zero-order valence-electron chi connectivity index (χ0n) is 16.0. The van der Waals surface area contributed by atoms with Crippen LogP contribution in [0.2, 0.25) is 0 Å². The van der Waals surface area contributed by atoms with Gasteiger partial charge in [0.05, 0.1) is 11.2 Å². The van der Waals surface area contributed by atoms with Crippen LogP contribution in [0.25, 0.3) is 16.7 Å². The summed E-state index contributed by atoms with van der Waals surface area (Å²) in [5, 5.41) is 11.5. The van der Waals surface area contributed by atoms with E-state index in [4.69, 9.17) is 0 Å². The minimum atomic E-state index is -0.151. The second-order valence-electron chi connectivity index (χ2n) is 6.89. The molecule has 1 heterocycles. The van der Waals surface area contributed by atoms with Gasteiger partial charge in [-0.2, -0.15) is 0 Å². The number of carbonyl (C=O) groups is 1. The molecule has 0 spiro atoms. The van der Waals surface area contributed by atoms with Crippen molar-refractivity contribution in [3.05, 3.63) is 77.9 Å². The lowest BCUT2D eigenvalue weighted by molar-refractivity contribution is 0.102. The monoisotopic (exact) mass is 371 g/mol. The predicted molar refractivity (Wildman–Crippen MR) is 112 cm³/mol. The average molecular weight is 371 g/mol. The molecule has 0 saturated heterocycles. The zero-order chi connectivity index (χ0) is 19.7. The molecule has 0 aliphatic carbocycles. The van der Waals surface area contributed by atoms with E-state index in [2.05, 4.69) is 15.6 Å². The molecule has 28 heavy (non-hydrogen) atoms. The van der Waals surface area contributed by atoms with E-state index in [1.54, 1.807) is 4.68 Å². The number of fused-ring (bicyclic) bond motifs is 1. The summed E-state index contributed by atoms with van der Waals surface area (Å²) in [7, 11) is 3.90. The largest absolute Gasteiger partial charge is 0.378 e. The quantitative estimate of drug-likeness (QED) is 0.588. The van der Waals surface area contributed by atoms with Gasteiger partial charge in [0, 0.05) is 31.0 Å². The second-order valence-corrected chi connectivity index (χ2v) is 6.89. The number of hydrogen-bond acceptors (Lipinski definition) is 4. The number of benzene rings is 3. The number of amides is 1. The second kappa shape index (κ2) is 7.15. The first-order valence-electron chi connectivity index (χ1n) is 9.03. The molecule has 1 aromatic heterocycles. The highest BCUT2D eigenvalue weighted by atomic mass is 16.1. The molecule has 0 fully saturated rings. The van der Waals surface area contributed by atoms with Crippen molar-refractivity contribution in [2.75, 3.05) is 24.3 Å². The van der Waals surface area contributed by atoms with Gasteiger partial charge in [-0.25, -0.2) is 4.68 Å². The number of para-hydroxylation sites is 1. The summed E-state index contributed by atoms with van der Waals surface area (Å²) >= 11 is 0. The Morgan fingerprint density at radius 1 is 1.00 bits per heavy atom. The van der Waals surface area contributed by atoms with E-state index in [0.29, 0.717) is 11.3 Å². The molecule has 0 bridgehead atoms. The van der Waals surface area contributed by atoms with Crippen LogP contribution in [0.15, 0.2) is 66.7 Å². The molecule has 1 N–H and O–H groups in total. The van der Waals surface area contributed by atoms with Crippen LogP contribution >= 0.6 is 0 Å². The molecule has 0 saturated carbocycles. The lowest BCUT2D eigenvalue weighted by atomic mass is 10.1. The van der Waals surface area contributed by atoms with Crippen molar-refractivity contribution < 1.29 is 4.79 Å². The Labute approximate surface area is 163 Å². The van der Waals surface area contributed by atoms with Crippen molar-refractivity contribution >= 4 is 28.3 Å². The zero-order valence-corrected chi connectivity index (χ0v) is 16.0. The molecule has 3 aromatic carbocycles. The van der Waals surface area contributed by atoms with E-state index in [9.17, 15) is 4.79 Å². The van der Waals surface area contributed by atoms with E-state index in [0.717, 1.165) is 28.0 Å². The summed E-state index contributed by atoms with van der Waals surface area (Å²) in [5.41, 5.74) is 5.98. The van der Waals surface area contributed by atoms with Crippen molar-refractivity contribution in [2.45, 2.75) is 6.92 Å². The van der Waals surface area contributed by atoms with Gasteiger partial charge >= 0.3 is 0 Å². The number of nitrogens with zero attached hydrogens (tertiary/aromatic N) is 4. The number of hydrogen-bond donors (Lipinski definition) is 1. The molecule has 4 aromatic rings. The topological polar surface area (TPSA) is 63.1 Å². The Bertz CT molecular complexity index is 1160. The summed E-state index contributed by atoms with van der Waals surface area (Å²) in [6, 6.07) is 21.1. The molecular formula is C22H21N5O. The van der Waals surface area contributed by atoms with Crippen LogP contribution in [-0.2, 0) is 0 Å². The van der Waals surface area contributed by atoms with E-state index < -0.39 is 0 Å². The van der Waals surface area contributed by atoms with Crippen molar-refractivity contribution in [1.29, 1.82) is 0 Å². The fraction of sp³-hybridized carbons (Fsp3) is 0.136. The molecular weight excluding hydrogens is 350 g/mol. The Balaban J connectivity index is 1.66. The fourth-order valence-electron chi connectivity index (χ4n) is 3.09. The van der Waals surface area contributed by atoms with Crippen molar-refractivity contribution in [1.82, 2.24) is 15.0 Å². The summed E-state index contributed by atoms with van der Waals surface area (Å²) in [5.74, 6) is -0.151. The number of rotatable bonds is 4. The minimum Gasteiger partial charge on any atom is -0.378 e. The third-order valence-electron chi connectivity index (χ3n) is 4.67. The Morgan fingerprint density at radius 3 is 2.64 bits per heavy atom. The molecule has 0 atom stereocenters. The summed E-state index contributed by atoms with van der Waals surface area (Å²) in [4.78, 5) is 14.7. The van der Waals surface area contributed by atoms with E-state index in [1.165, 1.54) is 0 Å². The summed E-state index contributed by atoms with van der Waals surface area (Å²) in [6.07, 6.45) is 0. The van der Waals surface area contributed by atoms with Crippen molar-refractivity contribution in [3.8, 4) is 5.69 Å². The maximum Gasteiger partial charge on any atom is 0.255 e. The van der Waals surface area contributed by atoms with Crippen LogP contribution in [0.5, 0.6) is 0 Å². The van der Waals surface area contributed by atoms with Crippen LogP contribution in [0.4, 0.5) is 11.4 Å². The molecule has 0 radical (unpaired) electrons. The van der Waals surface area contributed by atoms with Gasteiger partial charge in [-0.05, 0) is 55.0 Å². The normalized spacial score (nSPS) is 10.8. The first-order chi connectivity index (χ1) is 13.5. The number of aromatic nitrogens is 3. The molecule has 6 nitrogen and oxygen atoms in total. The highest BCUT2D eigenvalue weighted by molar-refractivity contribution is 6.05. The van der Waals surface area contributed by atoms with E-state index >= 15 is 0 Å². The standard InChI is InChI=1S/C22H21N5O/c1-15-11-12-17(23-22(28)16-7-6-8-18(13-16)26(2)3)14-21(15)27-20-10-5-4-9-19(20)24-25-27/h4-14H,1-3H3,(H,23,28). The van der Waals surface area contributed by atoms with Gasteiger partial charge in [-0.15, -0.1) is 5.10 Å². The van der Waals surface area contributed by atoms with Crippen LogP contribution in [0.3, 0.4) is 0 Å². The number of nitrogens with one attached hydrogen (secondary N) is 1. The molecule has 140 valence electrons. The predicted octanol–water partition coefficient (Wildman–Crippen LogP) is 4.05. The third kappa shape index (κ3) is 3.32. The lowest BCUT2D eigenvalue weighted by Crippen LogP contribution is -2.14. The highest BCUT2D eigenvalue weighted by Crippen LogP contribution is 2.23. The van der Waals surface area contributed by atoms with Gasteiger partial charge in [0.2, 0.25) is 0 Å². The average Bonchev–Trinajstić information content (AvgIpc) is 3.13. The molecule has 6 heteroatoms. The highest BCUT2D eigenvalue weighted by Gasteiger charge is 2.12. The Morgan fingerprint density at radius 2 is 1.82 bits per heavy atom. The molecule has 0 aliphatic heterocycles. The number of anilines is 2. The van der Waals surface area contributed by atoms with Gasteiger partial charge < -0.3 is 10.2 Å². The Kier molecular flexibility index (Phi) is 4.53. The fourth-order valence-corrected chi connectivity index (χ4v) is 3.09. The van der Waals surface area contributed by atoms with Gasteiger partial charge in [-0.3, -0.25) is 4.79 Å². The smallest absolute Gasteiger partial charge is 0.255 e.